The third-order valence-corrected chi connectivity index (χ3v) is 3.80. The molecule has 0 saturated carbocycles. The van der Waals surface area contributed by atoms with Crippen molar-refractivity contribution in [3.63, 3.8) is 0 Å². The van der Waals surface area contributed by atoms with Gasteiger partial charge in [0.25, 0.3) is 5.91 Å². The average molecular weight is 385 g/mol. The fraction of sp³-hybridized carbons (Fsp3) is 0.333. The minimum Gasteiger partial charge on any atom is -0.478 e. The van der Waals surface area contributed by atoms with Crippen LogP contribution in [-0.4, -0.2) is 24.6 Å². The molecular formula is C21H24FN3O3. The van der Waals surface area contributed by atoms with Crippen molar-refractivity contribution in [1.29, 1.82) is 0 Å². The molecule has 2 rings (SSSR count). The van der Waals surface area contributed by atoms with Gasteiger partial charge < -0.3 is 20.5 Å². The zero-order valence-corrected chi connectivity index (χ0v) is 16.0. The first-order valence-electron chi connectivity index (χ1n) is 8.95. The smallest absolute Gasteiger partial charge is 0.255 e. The van der Waals surface area contributed by atoms with E-state index < -0.39 is 11.7 Å². The van der Waals surface area contributed by atoms with Gasteiger partial charge in [-0.1, -0.05) is 30.9 Å². The number of methoxy groups -OCH3 is 1. The number of carbonyl (C=O) groups is 1. The molecule has 6 nitrogen and oxygen atoms in total. The second kappa shape index (κ2) is 10.9. The lowest BCUT2D eigenvalue weighted by Crippen LogP contribution is -2.25. The number of carbonyl (C=O) groups excluding carboxylic acids is 1. The number of ether oxygens (including phenoxy) is 2. The third kappa shape index (κ3) is 5.96. The molecule has 0 aliphatic heterocycles. The standard InChI is InChI=1S/C21H24FN3O3/c1-3-4-5-6-12-28-18-9-7-8-15(19(18)22)13-24-21(26)17-11-10-16(14-27-2)25-20(17)23/h7-11H,3-4,12-14H2,1-2H3,(H2,23,25)(H,24,26). The van der Waals surface area contributed by atoms with Crippen LogP contribution in [0, 0.1) is 17.7 Å². The number of halogens is 1. The summed E-state index contributed by atoms with van der Waals surface area (Å²) in [6.07, 6.45) is 1.74. The van der Waals surface area contributed by atoms with Gasteiger partial charge >= 0.3 is 0 Å². The highest BCUT2D eigenvalue weighted by Crippen LogP contribution is 2.20. The molecule has 0 bridgehead atoms. The molecule has 0 saturated heterocycles. The first-order valence-corrected chi connectivity index (χ1v) is 8.95. The highest BCUT2D eigenvalue weighted by atomic mass is 19.1. The lowest BCUT2D eigenvalue weighted by molar-refractivity contribution is 0.0951. The number of amides is 1. The van der Waals surface area contributed by atoms with Gasteiger partial charge in [0.15, 0.2) is 11.6 Å². The van der Waals surface area contributed by atoms with Gasteiger partial charge in [-0.25, -0.2) is 9.37 Å². The van der Waals surface area contributed by atoms with E-state index >= 15 is 0 Å². The number of nitrogens with zero attached hydrogens (tertiary/aromatic N) is 1. The van der Waals surface area contributed by atoms with Crippen LogP contribution in [0.15, 0.2) is 30.3 Å². The van der Waals surface area contributed by atoms with E-state index in [1.807, 2.05) is 6.92 Å². The first kappa shape index (κ1) is 21.2. The number of nitrogens with one attached hydrogen (secondary N) is 1. The maximum absolute atomic E-state index is 14.5. The van der Waals surface area contributed by atoms with Crippen LogP contribution in [0.4, 0.5) is 10.2 Å². The van der Waals surface area contributed by atoms with E-state index in [2.05, 4.69) is 22.1 Å². The molecular weight excluding hydrogens is 361 g/mol. The predicted molar refractivity (Wildman–Crippen MR) is 105 cm³/mol. The number of hydrogen-bond donors (Lipinski definition) is 2. The van der Waals surface area contributed by atoms with E-state index in [-0.39, 0.29) is 30.3 Å². The Labute approximate surface area is 164 Å². The van der Waals surface area contributed by atoms with Crippen molar-refractivity contribution in [1.82, 2.24) is 10.3 Å². The molecule has 0 aliphatic carbocycles. The molecule has 0 fully saturated rings. The van der Waals surface area contributed by atoms with Gasteiger partial charge in [0.1, 0.15) is 12.4 Å². The molecule has 1 aromatic carbocycles. The molecule has 1 aromatic heterocycles. The highest BCUT2D eigenvalue weighted by molar-refractivity contribution is 5.98. The van der Waals surface area contributed by atoms with Crippen molar-refractivity contribution in [2.45, 2.75) is 32.9 Å². The van der Waals surface area contributed by atoms with Crippen molar-refractivity contribution in [2.24, 2.45) is 0 Å². The van der Waals surface area contributed by atoms with E-state index in [1.54, 1.807) is 31.4 Å². The van der Waals surface area contributed by atoms with Crippen LogP contribution >= 0.6 is 0 Å². The Balaban J connectivity index is 1.99. The number of pyridine rings is 1. The van der Waals surface area contributed by atoms with Crippen LogP contribution in [-0.2, 0) is 17.9 Å². The molecule has 148 valence electrons. The summed E-state index contributed by atoms with van der Waals surface area (Å²) in [7, 11) is 1.54. The summed E-state index contributed by atoms with van der Waals surface area (Å²) in [5.74, 6) is 5.00. The molecule has 7 heteroatoms. The van der Waals surface area contributed by atoms with Crippen LogP contribution in [0.1, 0.15) is 41.4 Å². The molecule has 1 heterocycles. The second-order valence-electron chi connectivity index (χ2n) is 5.97. The van der Waals surface area contributed by atoms with E-state index in [0.717, 1.165) is 12.8 Å². The zero-order valence-electron chi connectivity index (χ0n) is 16.0. The fourth-order valence-electron chi connectivity index (χ4n) is 2.39. The second-order valence-corrected chi connectivity index (χ2v) is 5.97. The van der Waals surface area contributed by atoms with Crippen molar-refractivity contribution >= 4 is 11.7 Å². The van der Waals surface area contributed by atoms with Gasteiger partial charge in [-0.15, -0.1) is 0 Å². The topological polar surface area (TPSA) is 86.5 Å². The number of aromatic nitrogens is 1. The summed E-state index contributed by atoms with van der Waals surface area (Å²) in [6.45, 7) is 2.43. The van der Waals surface area contributed by atoms with Crippen LogP contribution in [0.3, 0.4) is 0 Å². The largest absolute Gasteiger partial charge is 0.478 e. The first-order chi connectivity index (χ1) is 13.6. The molecule has 0 unspecified atom stereocenters. The normalized spacial score (nSPS) is 10.1. The van der Waals surface area contributed by atoms with Crippen molar-refractivity contribution < 1.29 is 18.7 Å². The van der Waals surface area contributed by atoms with Crippen LogP contribution in [0.5, 0.6) is 5.75 Å². The number of anilines is 1. The summed E-state index contributed by atoms with van der Waals surface area (Å²) in [5, 5.41) is 2.65. The Morgan fingerprint density at radius 2 is 2.11 bits per heavy atom. The Morgan fingerprint density at radius 3 is 2.82 bits per heavy atom. The van der Waals surface area contributed by atoms with Crippen molar-refractivity contribution in [3.05, 3.63) is 53.0 Å². The Morgan fingerprint density at radius 1 is 1.29 bits per heavy atom. The molecule has 0 atom stereocenters. The van der Waals surface area contributed by atoms with Gasteiger partial charge in [-0.05, 0) is 24.6 Å². The van der Waals surface area contributed by atoms with Gasteiger partial charge in [-0.3, -0.25) is 4.79 Å². The van der Waals surface area contributed by atoms with Crippen LogP contribution in [0.25, 0.3) is 0 Å². The number of unbranched alkanes of at least 4 members (excludes halogenated alkanes) is 1. The molecule has 0 radical (unpaired) electrons. The van der Waals surface area contributed by atoms with Crippen molar-refractivity contribution in [2.75, 3.05) is 19.5 Å². The lowest BCUT2D eigenvalue weighted by atomic mass is 10.1. The number of benzene rings is 1. The molecule has 1 amide bonds. The average Bonchev–Trinajstić information content (AvgIpc) is 2.68. The van der Waals surface area contributed by atoms with E-state index in [1.165, 1.54) is 6.07 Å². The lowest BCUT2D eigenvalue weighted by Gasteiger charge is -2.11. The van der Waals surface area contributed by atoms with Gasteiger partial charge in [0.2, 0.25) is 0 Å². The zero-order chi connectivity index (χ0) is 20.4. The Kier molecular flexibility index (Phi) is 8.25. The quantitative estimate of drug-likeness (QED) is 0.682. The third-order valence-electron chi connectivity index (χ3n) is 3.80. The van der Waals surface area contributed by atoms with E-state index in [0.29, 0.717) is 17.9 Å². The summed E-state index contributed by atoms with van der Waals surface area (Å²) in [6, 6.07) is 7.99. The number of nitrogen functional groups attached to an aromatic ring is 1. The number of hydrogen-bond acceptors (Lipinski definition) is 5. The molecule has 28 heavy (non-hydrogen) atoms. The maximum atomic E-state index is 14.5. The van der Waals surface area contributed by atoms with E-state index in [9.17, 15) is 9.18 Å². The van der Waals surface area contributed by atoms with Gasteiger partial charge in [0.05, 0.1) is 17.9 Å². The maximum Gasteiger partial charge on any atom is 0.255 e. The van der Waals surface area contributed by atoms with Crippen LogP contribution < -0.4 is 15.8 Å². The predicted octanol–water partition coefficient (Wildman–Crippen LogP) is 3.06. The SMILES string of the molecule is CCCC#CCOc1cccc(CNC(=O)c2ccc(COC)nc2N)c1F. The Hall–Kier alpha value is -3.11. The van der Waals surface area contributed by atoms with Gasteiger partial charge in [-0.2, -0.15) is 0 Å². The van der Waals surface area contributed by atoms with Gasteiger partial charge in [0, 0.05) is 25.6 Å². The fourth-order valence-corrected chi connectivity index (χ4v) is 2.39. The molecule has 0 spiro atoms. The summed E-state index contributed by atoms with van der Waals surface area (Å²) >= 11 is 0. The molecule has 2 aromatic rings. The summed E-state index contributed by atoms with van der Waals surface area (Å²) < 4.78 is 24.9. The minimum atomic E-state index is -0.526. The number of rotatable bonds is 8. The van der Waals surface area contributed by atoms with E-state index in [4.69, 9.17) is 15.2 Å². The number of nitrogens with two attached hydrogens (primary N) is 1. The summed E-state index contributed by atoms with van der Waals surface area (Å²) in [5.41, 5.74) is 6.97. The van der Waals surface area contributed by atoms with Crippen molar-refractivity contribution in [3.8, 4) is 17.6 Å². The molecule has 3 N–H and O–H groups in total. The monoisotopic (exact) mass is 385 g/mol. The summed E-state index contributed by atoms with van der Waals surface area (Å²) in [4.78, 5) is 16.5. The highest BCUT2D eigenvalue weighted by Gasteiger charge is 2.14. The minimum absolute atomic E-state index is 0.0113. The van der Waals surface area contributed by atoms with Crippen LogP contribution in [0.2, 0.25) is 0 Å². The molecule has 0 aliphatic rings. The Bertz CT molecular complexity index is 875.